The van der Waals surface area contributed by atoms with Gasteiger partial charge in [0.05, 0.1) is 0 Å². The Morgan fingerprint density at radius 2 is 1.85 bits per heavy atom. The Labute approximate surface area is 206 Å². The third-order valence-corrected chi connectivity index (χ3v) is 7.33. The van der Waals surface area contributed by atoms with Crippen molar-refractivity contribution < 1.29 is 14.7 Å². The van der Waals surface area contributed by atoms with E-state index in [-0.39, 0.29) is 32.8 Å². The molecule has 0 unspecified atom stereocenters. The SMILES string of the molecule is Cc1cccc(N(C(=O)c2nsc(Cl)c2Cl)[C@@H](C(=O)NC2CCCC2)c2ccc(O)cc2)c1. The van der Waals surface area contributed by atoms with Gasteiger partial charge in [-0.3, -0.25) is 14.5 Å². The number of phenols is 1. The zero-order valence-corrected chi connectivity index (χ0v) is 20.3. The lowest BCUT2D eigenvalue weighted by Gasteiger charge is -2.32. The second kappa shape index (κ2) is 10.1. The first kappa shape index (κ1) is 23.5. The second-order valence-electron chi connectivity index (χ2n) is 8.12. The van der Waals surface area contributed by atoms with E-state index in [0.29, 0.717) is 11.3 Å². The Hall–Kier alpha value is -2.61. The van der Waals surface area contributed by atoms with Crippen LogP contribution in [0.5, 0.6) is 5.75 Å². The first-order valence-corrected chi connectivity index (χ1v) is 12.2. The number of phenolic OH excluding ortho intramolecular Hbond substituents is 1. The first-order valence-electron chi connectivity index (χ1n) is 10.7. The van der Waals surface area contributed by atoms with Crippen molar-refractivity contribution in [2.75, 3.05) is 4.90 Å². The Kier molecular flexibility index (Phi) is 7.22. The number of nitrogens with one attached hydrogen (secondary N) is 1. The van der Waals surface area contributed by atoms with Crippen LogP contribution in [0, 0.1) is 6.92 Å². The molecule has 0 aliphatic heterocycles. The third-order valence-electron chi connectivity index (χ3n) is 5.72. The standard InChI is InChI=1S/C24H23Cl2N3O3S/c1-14-5-4-8-17(13-14)29(24(32)20-19(25)22(26)33-28-20)21(15-9-11-18(30)12-10-15)23(31)27-16-6-2-3-7-16/h4-5,8-13,16,21,30H,2-3,6-7H2,1H3,(H,27,31)/t21-/m1/s1. The molecule has 1 atom stereocenters. The molecule has 1 aliphatic carbocycles. The summed E-state index contributed by atoms with van der Waals surface area (Å²) in [5, 5.41) is 13.0. The van der Waals surface area contributed by atoms with E-state index in [1.165, 1.54) is 17.0 Å². The van der Waals surface area contributed by atoms with Gasteiger partial charge in [0.1, 0.15) is 21.2 Å². The molecule has 172 valence electrons. The van der Waals surface area contributed by atoms with Crippen molar-refractivity contribution >= 4 is 52.2 Å². The summed E-state index contributed by atoms with van der Waals surface area (Å²) in [6.45, 7) is 1.91. The lowest BCUT2D eigenvalue weighted by Crippen LogP contribution is -2.46. The molecule has 2 amide bonds. The van der Waals surface area contributed by atoms with Crippen LogP contribution in [0.25, 0.3) is 0 Å². The molecule has 3 aromatic rings. The fraction of sp³-hybridized carbons (Fsp3) is 0.292. The minimum absolute atomic E-state index is 0.00869. The fourth-order valence-electron chi connectivity index (χ4n) is 4.09. The minimum Gasteiger partial charge on any atom is -0.508 e. The van der Waals surface area contributed by atoms with Crippen LogP contribution >= 0.6 is 34.7 Å². The summed E-state index contributed by atoms with van der Waals surface area (Å²) in [7, 11) is 0. The molecule has 33 heavy (non-hydrogen) atoms. The van der Waals surface area contributed by atoms with Crippen molar-refractivity contribution in [2.45, 2.75) is 44.7 Å². The Morgan fingerprint density at radius 3 is 2.45 bits per heavy atom. The van der Waals surface area contributed by atoms with Crippen molar-refractivity contribution in [3.05, 3.63) is 74.7 Å². The van der Waals surface area contributed by atoms with Crippen LogP contribution in [0.1, 0.15) is 53.3 Å². The maximum atomic E-state index is 13.8. The van der Waals surface area contributed by atoms with Crippen molar-refractivity contribution in [1.82, 2.24) is 9.69 Å². The largest absolute Gasteiger partial charge is 0.508 e. The van der Waals surface area contributed by atoms with E-state index in [4.69, 9.17) is 23.2 Å². The molecule has 2 aromatic carbocycles. The number of hydrogen-bond donors (Lipinski definition) is 2. The molecule has 1 aliphatic rings. The Morgan fingerprint density at radius 1 is 1.15 bits per heavy atom. The number of aromatic nitrogens is 1. The van der Waals surface area contributed by atoms with Gasteiger partial charge in [-0.1, -0.05) is 60.3 Å². The summed E-state index contributed by atoms with van der Waals surface area (Å²) >= 11 is 13.3. The Bertz CT molecular complexity index is 1160. The normalized spacial score (nSPS) is 14.8. The quantitative estimate of drug-likeness (QED) is 0.437. The number of hydrogen-bond acceptors (Lipinski definition) is 5. The van der Waals surface area contributed by atoms with Gasteiger partial charge in [-0.25, -0.2) is 0 Å². The van der Waals surface area contributed by atoms with Gasteiger partial charge in [-0.15, -0.1) is 0 Å². The number of benzene rings is 2. The van der Waals surface area contributed by atoms with Gasteiger partial charge in [-0.05, 0) is 66.7 Å². The average molecular weight is 504 g/mol. The van der Waals surface area contributed by atoms with E-state index in [1.807, 2.05) is 25.1 Å². The number of rotatable bonds is 6. The predicted molar refractivity (Wildman–Crippen MR) is 131 cm³/mol. The van der Waals surface area contributed by atoms with Crippen LogP contribution in [-0.4, -0.2) is 27.3 Å². The number of nitrogens with zero attached hydrogens (tertiary/aromatic N) is 2. The highest BCUT2D eigenvalue weighted by Gasteiger charge is 2.36. The topological polar surface area (TPSA) is 82.5 Å². The van der Waals surface area contributed by atoms with Crippen molar-refractivity contribution in [3.63, 3.8) is 0 Å². The highest BCUT2D eigenvalue weighted by atomic mass is 35.5. The van der Waals surface area contributed by atoms with Gasteiger partial charge >= 0.3 is 0 Å². The van der Waals surface area contributed by atoms with Crippen molar-refractivity contribution in [3.8, 4) is 5.75 Å². The van der Waals surface area contributed by atoms with E-state index >= 15 is 0 Å². The second-order valence-corrected chi connectivity index (χ2v) is 9.87. The first-order chi connectivity index (χ1) is 15.8. The average Bonchev–Trinajstić information content (AvgIpc) is 3.42. The summed E-state index contributed by atoms with van der Waals surface area (Å²) < 4.78 is 4.36. The monoisotopic (exact) mass is 503 g/mol. The molecule has 4 rings (SSSR count). The van der Waals surface area contributed by atoms with E-state index in [0.717, 1.165) is 42.8 Å². The number of aromatic hydroxyl groups is 1. The van der Waals surface area contributed by atoms with Gasteiger partial charge in [0, 0.05) is 11.7 Å². The molecule has 6 nitrogen and oxygen atoms in total. The smallest absolute Gasteiger partial charge is 0.280 e. The molecule has 2 N–H and O–H groups in total. The Balaban J connectivity index is 1.84. The molecule has 0 spiro atoms. The number of halogens is 2. The highest BCUT2D eigenvalue weighted by Crippen LogP contribution is 2.35. The van der Waals surface area contributed by atoms with E-state index in [9.17, 15) is 14.7 Å². The van der Waals surface area contributed by atoms with Gasteiger partial charge in [0.25, 0.3) is 5.91 Å². The number of aryl methyl sites for hydroxylation is 1. The van der Waals surface area contributed by atoms with Crippen molar-refractivity contribution in [2.24, 2.45) is 0 Å². The zero-order valence-electron chi connectivity index (χ0n) is 17.9. The molecular formula is C24H23Cl2N3O3S. The molecule has 0 radical (unpaired) electrons. The summed E-state index contributed by atoms with van der Waals surface area (Å²) in [6.07, 6.45) is 3.92. The number of anilines is 1. The zero-order chi connectivity index (χ0) is 23.5. The van der Waals surface area contributed by atoms with Crippen LogP contribution < -0.4 is 10.2 Å². The van der Waals surface area contributed by atoms with Crippen LogP contribution in [-0.2, 0) is 4.79 Å². The third kappa shape index (κ3) is 5.16. The fourth-order valence-corrected chi connectivity index (χ4v) is 5.08. The van der Waals surface area contributed by atoms with Gasteiger partial charge in [0.2, 0.25) is 5.91 Å². The van der Waals surface area contributed by atoms with Crippen LogP contribution in [0.2, 0.25) is 9.36 Å². The maximum Gasteiger partial charge on any atom is 0.280 e. The lowest BCUT2D eigenvalue weighted by atomic mass is 10.0. The molecule has 0 bridgehead atoms. The summed E-state index contributed by atoms with van der Waals surface area (Å²) in [5.74, 6) is -0.773. The summed E-state index contributed by atoms with van der Waals surface area (Å²) in [4.78, 5) is 28.9. The van der Waals surface area contributed by atoms with Crippen LogP contribution in [0.3, 0.4) is 0 Å². The number of carbonyl (C=O) groups excluding carboxylic acids is 2. The van der Waals surface area contributed by atoms with Gasteiger partial charge < -0.3 is 10.4 Å². The molecule has 0 saturated heterocycles. The summed E-state index contributed by atoms with van der Waals surface area (Å²) in [5.41, 5.74) is 1.99. The van der Waals surface area contributed by atoms with E-state index < -0.39 is 11.9 Å². The lowest BCUT2D eigenvalue weighted by molar-refractivity contribution is -0.123. The maximum absolute atomic E-state index is 13.8. The van der Waals surface area contributed by atoms with E-state index in [1.54, 1.807) is 18.2 Å². The predicted octanol–water partition coefficient (Wildman–Crippen LogP) is 5.91. The molecule has 1 aromatic heterocycles. The number of amides is 2. The molecule has 1 fully saturated rings. The molecule has 1 saturated carbocycles. The number of carbonyl (C=O) groups is 2. The van der Waals surface area contributed by atoms with Gasteiger partial charge in [0.15, 0.2) is 5.69 Å². The van der Waals surface area contributed by atoms with Crippen LogP contribution in [0.4, 0.5) is 5.69 Å². The van der Waals surface area contributed by atoms with Gasteiger partial charge in [-0.2, -0.15) is 4.37 Å². The van der Waals surface area contributed by atoms with E-state index in [2.05, 4.69) is 9.69 Å². The molecular weight excluding hydrogens is 481 g/mol. The van der Waals surface area contributed by atoms with Crippen LogP contribution in [0.15, 0.2) is 48.5 Å². The summed E-state index contributed by atoms with van der Waals surface area (Å²) in [6, 6.07) is 12.7. The molecule has 9 heteroatoms. The van der Waals surface area contributed by atoms with Crippen molar-refractivity contribution in [1.29, 1.82) is 0 Å². The molecule has 1 heterocycles. The minimum atomic E-state index is -1.00. The highest BCUT2D eigenvalue weighted by molar-refractivity contribution is 7.11.